The van der Waals surface area contributed by atoms with Gasteiger partial charge >= 0.3 is 58.9 Å². The topological polar surface area (TPSA) is 116 Å². The van der Waals surface area contributed by atoms with Crippen molar-refractivity contribution in [3.05, 3.63) is 0 Å². The van der Waals surface area contributed by atoms with E-state index in [4.69, 9.17) is 0 Å². The van der Waals surface area contributed by atoms with Crippen molar-refractivity contribution in [1.82, 2.24) is 0 Å². The molecule has 0 aliphatic carbocycles. The van der Waals surface area contributed by atoms with E-state index in [-0.39, 0.29) is 80.8 Å². The van der Waals surface area contributed by atoms with Crippen molar-refractivity contribution in [2.45, 2.75) is 0 Å². The summed E-state index contributed by atoms with van der Waals surface area (Å²) < 4.78 is 0. The van der Waals surface area contributed by atoms with Crippen molar-refractivity contribution < 1.29 is 80.8 Å². The van der Waals surface area contributed by atoms with Gasteiger partial charge in [-0.2, -0.15) is 0 Å². The maximum absolute atomic E-state index is 0. The maximum atomic E-state index is 0. The molecule has 0 saturated heterocycles. The minimum absolute atomic E-state index is 0. The largest absolute Gasteiger partial charge is 4.00 e. The predicted octanol–water partition coefficient (Wildman–Crippen LogP) is -0.538. The third-order valence-electron chi connectivity index (χ3n) is 0. The van der Waals surface area contributed by atoms with Gasteiger partial charge in [0.05, 0.1) is 0 Å². The Labute approximate surface area is 79.9 Å². The molecule has 1 N–H and O–H groups in total. The van der Waals surface area contributed by atoms with E-state index in [2.05, 4.69) is 0 Å². The Kier molecular flexibility index (Phi) is 1260. The summed E-state index contributed by atoms with van der Waals surface area (Å²) in [6.07, 6.45) is 0. The van der Waals surface area contributed by atoms with Crippen LogP contribution in [0.1, 0.15) is 0 Å². The van der Waals surface area contributed by atoms with Crippen molar-refractivity contribution >= 4 is 0 Å². The standard InChI is InChI=1S/H2O.3O.Y.Zr/h1H2;;;;;/q;3*-2;+3;+4/p-1. The summed E-state index contributed by atoms with van der Waals surface area (Å²) in [5.74, 6) is 0. The van der Waals surface area contributed by atoms with E-state index in [1.165, 1.54) is 0 Å². The Morgan fingerprint density at radius 1 is 0.667 bits per heavy atom. The molecule has 0 aromatic rings. The number of hydrogen-bond donors (Lipinski definition) is 0. The van der Waals surface area contributed by atoms with Gasteiger partial charge < -0.3 is 21.9 Å². The van der Waals surface area contributed by atoms with Crippen LogP contribution in [0, 0.1) is 0 Å². The molecular formula is HO4YZr. The van der Waals surface area contributed by atoms with E-state index in [0.29, 0.717) is 0 Å². The van der Waals surface area contributed by atoms with Gasteiger partial charge in [0.2, 0.25) is 0 Å². The zero-order valence-corrected chi connectivity index (χ0v) is 8.05. The molecule has 0 radical (unpaired) electrons. The summed E-state index contributed by atoms with van der Waals surface area (Å²) in [4.78, 5) is 0. The average molecular weight is 245 g/mol. The van der Waals surface area contributed by atoms with Crippen LogP contribution in [0.5, 0.6) is 0 Å². The van der Waals surface area contributed by atoms with E-state index in [9.17, 15) is 0 Å². The minimum Gasteiger partial charge on any atom is -2.00 e. The second kappa shape index (κ2) is 69.4. The van der Waals surface area contributed by atoms with Gasteiger partial charge in [-0.25, -0.2) is 0 Å². The molecule has 0 aliphatic rings. The summed E-state index contributed by atoms with van der Waals surface area (Å²) in [6.45, 7) is 0. The van der Waals surface area contributed by atoms with Crippen LogP contribution in [-0.4, -0.2) is 5.48 Å². The Morgan fingerprint density at radius 2 is 0.667 bits per heavy atom. The van der Waals surface area contributed by atoms with Crippen molar-refractivity contribution in [3.8, 4) is 0 Å². The van der Waals surface area contributed by atoms with Crippen LogP contribution in [0.25, 0.3) is 0 Å². The van der Waals surface area contributed by atoms with E-state index < -0.39 is 0 Å². The summed E-state index contributed by atoms with van der Waals surface area (Å²) >= 11 is 0. The molecule has 0 spiro atoms. The van der Waals surface area contributed by atoms with Crippen molar-refractivity contribution in [2.24, 2.45) is 0 Å². The van der Waals surface area contributed by atoms with Crippen LogP contribution in [-0.2, 0) is 75.3 Å². The van der Waals surface area contributed by atoms with Crippen LogP contribution in [0.2, 0.25) is 0 Å². The zero-order valence-electron chi connectivity index (χ0n) is 2.75. The summed E-state index contributed by atoms with van der Waals surface area (Å²) in [6, 6.07) is 0. The quantitative estimate of drug-likeness (QED) is 0.560. The zero-order chi connectivity index (χ0) is 0. The molecule has 0 aromatic heterocycles. The van der Waals surface area contributed by atoms with Crippen molar-refractivity contribution in [3.63, 3.8) is 0 Å². The molecule has 0 bridgehead atoms. The fraction of sp³-hybridized carbons (Fsp3) is 0. The second-order valence-electron chi connectivity index (χ2n) is 0. The van der Waals surface area contributed by atoms with Gasteiger partial charge in [-0.05, 0) is 0 Å². The minimum atomic E-state index is 0. The van der Waals surface area contributed by atoms with Crippen molar-refractivity contribution in [1.29, 1.82) is 0 Å². The second-order valence-corrected chi connectivity index (χ2v) is 0. The van der Waals surface area contributed by atoms with Gasteiger partial charge in [-0.3, -0.25) is 0 Å². The molecule has 0 atom stereocenters. The molecule has 0 aromatic carbocycles. The van der Waals surface area contributed by atoms with Crippen LogP contribution in [0.4, 0.5) is 0 Å². The van der Waals surface area contributed by atoms with E-state index in [1.54, 1.807) is 0 Å². The Bertz CT molecular complexity index is 7.51. The van der Waals surface area contributed by atoms with Crippen molar-refractivity contribution in [2.75, 3.05) is 0 Å². The summed E-state index contributed by atoms with van der Waals surface area (Å²) in [5.41, 5.74) is 0. The fourth-order valence-corrected chi connectivity index (χ4v) is 0. The Morgan fingerprint density at radius 3 is 0.667 bits per heavy atom. The SMILES string of the molecule is [O-2].[O-2].[O-2].[OH-].[Y+3].[Zr+4]. The van der Waals surface area contributed by atoms with E-state index in [1.807, 2.05) is 0 Å². The van der Waals surface area contributed by atoms with Crippen LogP contribution < -0.4 is 0 Å². The van der Waals surface area contributed by atoms with Crippen LogP contribution in [0.15, 0.2) is 0 Å². The first-order valence-electron chi connectivity index (χ1n) is 0. The van der Waals surface area contributed by atoms with Gasteiger partial charge in [0.15, 0.2) is 0 Å². The van der Waals surface area contributed by atoms with Gasteiger partial charge in [0.25, 0.3) is 0 Å². The van der Waals surface area contributed by atoms with Gasteiger partial charge in [-0.15, -0.1) is 0 Å². The molecule has 4 nitrogen and oxygen atoms in total. The third-order valence-corrected chi connectivity index (χ3v) is 0. The first-order chi connectivity index (χ1) is 0. The van der Waals surface area contributed by atoms with Crippen LogP contribution >= 0.6 is 0 Å². The third kappa shape index (κ3) is 40.7. The van der Waals surface area contributed by atoms with Gasteiger partial charge in [0.1, 0.15) is 0 Å². The normalized spacial score (nSPS) is 0. The maximum Gasteiger partial charge on any atom is 4.00 e. The Balaban J connectivity index is 0. The number of hydrogen-bond acceptors (Lipinski definition) is 1. The molecular weight excluding hydrogens is 244 g/mol. The molecule has 0 heterocycles. The average Bonchev–Trinajstić information content (AvgIpc) is 0. The molecule has 0 amide bonds. The molecule has 0 aliphatic heterocycles. The molecule has 0 fully saturated rings. The smallest absolute Gasteiger partial charge is 2.00 e. The van der Waals surface area contributed by atoms with E-state index in [0.717, 1.165) is 0 Å². The predicted molar refractivity (Wildman–Crippen MR) is 4.00 cm³/mol. The summed E-state index contributed by atoms with van der Waals surface area (Å²) in [7, 11) is 0. The van der Waals surface area contributed by atoms with Gasteiger partial charge in [-0.1, -0.05) is 0 Å². The Hall–Kier alpha value is 1.83. The molecule has 0 saturated carbocycles. The number of rotatable bonds is 0. The molecule has 6 heavy (non-hydrogen) atoms. The molecule has 6 heteroatoms. The first-order valence-corrected chi connectivity index (χ1v) is 0. The first kappa shape index (κ1) is 109. The fourth-order valence-electron chi connectivity index (χ4n) is 0. The van der Waals surface area contributed by atoms with Gasteiger partial charge in [0, 0.05) is 0 Å². The van der Waals surface area contributed by atoms with Crippen LogP contribution in [0.3, 0.4) is 0 Å². The molecule has 0 unspecified atom stereocenters. The molecule has 0 rings (SSSR count). The molecule has 32 valence electrons. The monoisotopic (exact) mass is 244 g/mol. The summed E-state index contributed by atoms with van der Waals surface area (Å²) in [5, 5.41) is 0. The van der Waals surface area contributed by atoms with E-state index >= 15 is 0 Å².